The lowest BCUT2D eigenvalue weighted by Crippen LogP contribution is -2.63. The topological polar surface area (TPSA) is 74.9 Å². The Labute approximate surface area is 215 Å². The molecule has 0 bridgehead atoms. The fraction of sp³-hybridized carbons (Fsp3) is 0.267. The molecule has 0 saturated carbocycles. The molecule has 0 radical (unpaired) electrons. The van der Waals surface area contributed by atoms with Crippen LogP contribution in [-0.2, 0) is 22.4 Å². The van der Waals surface area contributed by atoms with E-state index >= 15 is 0 Å². The highest BCUT2D eigenvalue weighted by Crippen LogP contribution is 2.44. The van der Waals surface area contributed by atoms with Crippen LogP contribution in [0.4, 0.5) is 0 Å². The van der Waals surface area contributed by atoms with Gasteiger partial charge in [-0.25, -0.2) is 0 Å². The van der Waals surface area contributed by atoms with Gasteiger partial charge in [0.1, 0.15) is 23.6 Å². The Balaban J connectivity index is 1.37. The second-order valence-corrected chi connectivity index (χ2v) is 9.59. The quantitative estimate of drug-likeness (QED) is 0.437. The smallest absolute Gasteiger partial charge is 0.246 e. The summed E-state index contributed by atoms with van der Waals surface area (Å²) >= 11 is 0. The normalized spacial score (nSPS) is 19.1. The van der Waals surface area contributed by atoms with Crippen molar-refractivity contribution >= 4 is 22.7 Å². The zero-order chi connectivity index (χ0) is 25.5. The number of aromatic nitrogens is 1. The summed E-state index contributed by atoms with van der Waals surface area (Å²) in [7, 11) is 3.27. The molecule has 2 unspecified atom stereocenters. The van der Waals surface area contributed by atoms with Crippen molar-refractivity contribution in [1.29, 1.82) is 0 Å². The molecule has 4 aromatic rings. The average Bonchev–Trinajstić information content (AvgIpc) is 3.32. The van der Waals surface area contributed by atoms with E-state index in [1.54, 1.807) is 24.0 Å². The number of methoxy groups -OCH3 is 2. The molecule has 2 aliphatic rings. The van der Waals surface area contributed by atoms with E-state index in [0.717, 1.165) is 39.0 Å². The van der Waals surface area contributed by atoms with Gasteiger partial charge in [-0.1, -0.05) is 48.5 Å². The molecule has 1 N–H and O–H groups in total. The molecule has 1 saturated heterocycles. The molecular weight excluding hydrogens is 466 g/mol. The van der Waals surface area contributed by atoms with Crippen LogP contribution in [0.25, 0.3) is 10.9 Å². The third kappa shape index (κ3) is 3.91. The van der Waals surface area contributed by atoms with E-state index in [9.17, 15) is 9.59 Å². The summed E-state index contributed by atoms with van der Waals surface area (Å²) in [6, 6.07) is 22.7. The summed E-state index contributed by atoms with van der Waals surface area (Å²) in [4.78, 5) is 34.7. The van der Waals surface area contributed by atoms with Gasteiger partial charge in [0.05, 0.1) is 20.8 Å². The van der Waals surface area contributed by atoms with Crippen molar-refractivity contribution in [2.75, 3.05) is 27.3 Å². The molecule has 3 aromatic carbocycles. The van der Waals surface area contributed by atoms with Gasteiger partial charge in [-0.2, -0.15) is 0 Å². The molecule has 188 valence electrons. The Hall–Kier alpha value is -4.26. The van der Waals surface area contributed by atoms with E-state index in [1.807, 2.05) is 66.7 Å². The first-order valence-electron chi connectivity index (χ1n) is 12.5. The van der Waals surface area contributed by atoms with Crippen molar-refractivity contribution in [2.45, 2.75) is 24.9 Å². The van der Waals surface area contributed by atoms with Gasteiger partial charge in [0.25, 0.3) is 0 Å². The van der Waals surface area contributed by atoms with E-state index in [1.165, 1.54) is 0 Å². The third-order valence-electron chi connectivity index (χ3n) is 7.61. The van der Waals surface area contributed by atoms with Crippen molar-refractivity contribution < 1.29 is 19.1 Å². The lowest BCUT2D eigenvalue weighted by molar-refractivity contribution is -0.158. The Kier molecular flexibility index (Phi) is 5.83. The SMILES string of the molecule is COc1ccc(CCN2CC(=O)N3C(Cc4c([nH]c5ccccc45)C3c3ccccc3OC)C2=O)cc1. The van der Waals surface area contributed by atoms with Crippen molar-refractivity contribution in [1.82, 2.24) is 14.8 Å². The second-order valence-electron chi connectivity index (χ2n) is 9.59. The second kappa shape index (κ2) is 9.32. The van der Waals surface area contributed by atoms with E-state index in [-0.39, 0.29) is 18.4 Å². The molecule has 0 spiro atoms. The van der Waals surface area contributed by atoms with Crippen LogP contribution >= 0.6 is 0 Å². The number of para-hydroxylation sites is 2. The molecule has 2 atom stereocenters. The number of aromatic amines is 1. The van der Waals surface area contributed by atoms with Crippen LogP contribution in [0.3, 0.4) is 0 Å². The number of ether oxygens (including phenoxy) is 2. The van der Waals surface area contributed by atoms with Crippen LogP contribution in [0.5, 0.6) is 11.5 Å². The summed E-state index contributed by atoms with van der Waals surface area (Å²) in [5.74, 6) is 1.42. The van der Waals surface area contributed by atoms with Gasteiger partial charge < -0.3 is 24.3 Å². The van der Waals surface area contributed by atoms with Crippen molar-refractivity contribution in [3.8, 4) is 11.5 Å². The number of carbonyl (C=O) groups is 2. The minimum Gasteiger partial charge on any atom is -0.497 e. The molecule has 7 nitrogen and oxygen atoms in total. The maximum absolute atomic E-state index is 13.9. The van der Waals surface area contributed by atoms with Crippen LogP contribution in [0.1, 0.15) is 28.4 Å². The van der Waals surface area contributed by atoms with Crippen LogP contribution < -0.4 is 9.47 Å². The lowest BCUT2D eigenvalue weighted by Gasteiger charge is -2.47. The predicted octanol–water partition coefficient (Wildman–Crippen LogP) is 4.11. The number of hydrogen-bond donors (Lipinski definition) is 1. The maximum atomic E-state index is 13.9. The van der Waals surface area contributed by atoms with E-state index in [4.69, 9.17) is 9.47 Å². The molecule has 3 heterocycles. The fourth-order valence-electron chi connectivity index (χ4n) is 5.79. The lowest BCUT2D eigenvalue weighted by atomic mass is 9.86. The van der Waals surface area contributed by atoms with Gasteiger partial charge in [0, 0.05) is 35.1 Å². The summed E-state index contributed by atoms with van der Waals surface area (Å²) in [6.45, 7) is 0.550. The Morgan fingerprint density at radius 3 is 2.46 bits per heavy atom. The highest BCUT2D eigenvalue weighted by Gasteiger charge is 2.48. The van der Waals surface area contributed by atoms with Gasteiger partial charge in [0.2, 0.25) is 11.8 Å². The van der Waals surface area contributed by atoms with Gasteiger partial charge in [-0.3, -0.25) is 9.59 Å². The van der Waals surface area contributed by atoms with Crippen LogP contribution in [0, 0.1) is 0 Å². The molecule has 1 fully saturated rings. The average molecular weight is 496 g/mol. The van der Waals surface area contributed by atoms with E-state index in [0.29, 0.717) is 25.1 Å². The number of benzene rings is 3. The number of fused-ring (bicyclic) bond motifs is 4. The number of nitrogens with one attached hydrogen (secondary N) is 1. The predicted molar refractivity (Wildman–Crippen MR) is 141 cm³/mol. The van der Waals surface area contributed by atoms with Crippen molar-refractivity contribution in [2.24, 2.45) is 0 Å². The van der Waals surface area contributed by atoms with Crippen LogP contribution in [-0.4, -0.2) is 59.9 Å². The van der Waals surface area contributed by atoms with Crippen LogP contribution in [0.2, 0.25) is 0 Å². The van der Waals surface area contributed by atoms with Crippen molar-refractivity contribution in [3.05, 3.63) is 95.2 Å². The zero-order valence-electron chi connectivity index (χ0n) is 20.9. The first-order chi connectivity index (χ1) is 18.1. The van der Waals surface area contributed by atoms with Crippen LogP contribution in [0.15, 0.2) is 72.8 Å². The third-order valence-corrected chi connectivity index (χ3v) is 7.61. The standard InChI is InChI=1S/C30H29N3O4/c1-36-20-13-11-19(12-14-20)15-16-32-18-27(34)33-25(30(32)35)17-23-21-7-3-5-9-24(21)31-28(23)29(33)22-8-4-6-10-26(22)37-2/h3-14,25,29,31H,15-18H2,1-2H3. The molecular formula is C30H29N3O4. The Morgan fingerprint density at radius 1 is 0.919 bits per heavy atom. The fourth-order valence-corrected chi connectivity index (χ4v) is 5.79. The minimum absolute atomic E-state index is 0.0102. The first-order valence-corrected chi connectivity index (χ1v) is 12.5. The highest BCUT2D eigenvalue weighted by molar-refractivity contribution is 5.97. The zero-order valence-corrected chi connectivity index (χ0v) is 20.9. The number of hydrogen-bond acceptors (Lipinski definition) is 4. The molecule has 6 rings (SSSR count). The summed E-state index contributed by atoms with van der Waals surface area (Å²) in [5.41, 5.74) is 5.01. The number of amides is 2. The van der Waals surface area contributed by atoms with Gasteiger partial charge in [-0.05, 0) is 41.8 Å². The number of nitrogens with zero attached hydrogens (tertiary/aromatic N) is 2. The number of H-pyrrole nitrogens is 1. The molecule has 2 amide bonds. The van der Waals surface area contributed by atoms with Gasteiger partial charge in [0.15, 0.2) is 0 Å². The summed E-state index contributed by atoms with van der Waals surface area (Å²) in [6.07, 6.45) is 1.15. The number of carbonyl (C=O) groups excluding carboxylic acids is 2. The Morgan fingerprint density at radius 2 is 1.68 bits per heavy atom. The largest absolute Gasteiger partial charge is 0.497 e. The maximum Gasteiger partial charge on any atom is 0.246 e. The first kappa shape index (κ1) is 23.2. The van der Waals surface area contributed by atoms with E-state index in [2.05, 4.69) is 11.1 Å². The Bertz CT molecular complexity index is 1480. The van der Waals surface area contributed by atoms with E-state index < -0.39 is 12.1 Å². The van der Waals surface area contributed by atoms with Crippen molar-refractivity contribution in [3.63, 3.8) is 0 Å². The molecule has 1 aromatic heterocycles. The van der Waals surface area contributed by atoms with Gasteiger partial charge in [-0.15, -0.1) is 0 Å². The monoisotopic (exact) mass is 495 g/mol. The molecule has 37 heavy (non-hydrogen) atoms. The number of rotatable bonds is 6. The summed E-state index contributed by atoms with van der Waals surface area (Å²) in [5, 5.41) is 1.09. The van der Waals surface area contributed by atoms with Gasteiger partial charge >= 0.3 is 0 Å². The highest BCUT2D eigenvalue weighted by atomic mass is 16.5. The summed E-state index contributed by atoms with van der Waals surface area (Å²) < 4.78 is 10.9. The molecule has 2 aliphatic heterocycles. The minimum atomic E-state index is -0.571. The molecule has 0 aliphatic carbocycles. The number of piperazine rings is 1. The molecule has 7 heteroatoms.